The van der Waals surface area contributed by atoms with Gasteiger partial charge < -0.3 is 10.1 Å². The van der Waals surface area contributed by atoms with Crippen LogP contribution in [0.3, 0.4) is 0 Å². The SMILES string of the molecule is C[C@@H](NC(=O)COC(=O)c1ccc(Br)c([N+](=O)[O-])c1)c1ccccc1. The number of halogens is 1. The van der Waals surface area contributed by atoms with Crippen LogP contribution in [0.15, 0.2) is 53.0 Å². The van der Waals surface area contributed by atoms with E-state index in [1.165, 1.54) is 12.1 Å². The number of carbonyl (C=O) groups excluding carboxylic acids is 2. The maximum atomic E-state index is 12.0. The molecule has 2 rings (SSSR count). The van der Waals surface area contributed by atoms with Gasteiger partial charge in [0.05, 0.1) is 21.0 Å². The Kier molecular flexibility index (Phi) is 6.24. The molecule has 0 fully saturated rings. The number of amides is 1. The number of hydrogen-bond acceptors (Lipinski definition) is 5. The molecule has 0 heterocycles. The molecule has 2 aromatic rings. The highest BCUT2D eigenvalue weighted by Gasteiger charge is 2.18. The fourth-order valence-electron chi connectivity index (χ4n) is 2.10. The van der Waals surface area contributed by atoms with Gasteiger partial charge in [0.15, 0.2) is 6.61 Å². The molecule has 0 saturated carbocycles. The van der Waals surface area contributed by atoms with Gasteiger partial charge in [-0.3, -0.25) is 14.9 Å². The van der Waals surface area contributed by atoms with E-state index in [-0.39, 0.29) is 21.8 Å². The average Bonchev–Trinajstić information content (AvgIpc) is 2.60. The molecule has 0 radical (unpaired) electrons. The van der Waals surface area contributed by atoms with Crippen LogP contribution in [0.5, 0.6) is 0 Å². The number of carbonyl (C=O) groups is 2. The summed E-state index contributed by atoms with van der Waals surface area (Å²) in [5.74, 6) is -1.27. The van der Waals surface area contributed by atoms with Crippen LogP contribution in [0.2, 0.25) is 0 Å². The standard InChI is InChI=1S/C17H15BrN2O5/c1-11(12-5-3-2-4-6-12)19-16(21)10-25-17(22)13-7-8-14(18)15(9-13)20(23)24/h2-9,11H,10H2,1H3,(H,19,21)/t11-/m1/s1. The minimum Gasteiger partial charge on any atom is -0.452 e. The van der Waals surface area contributed by atoms with Crippen LogP contribution < -0.4 is 5.32 Å². The Morgan fingerprint density at radius 2 is 1.92 bits per heavy atom. The molecular formula is C17H15BrN2O5. The van der Waals surface area contributed by atoms with Crippen LogP contribution >= 0.6 is 15.9 Å². The number of nitro benzene ring substituents is 1. The molecule has 0 aliphatic carbocycles. The largest absolute Gasteiger partial charge is 0.452 e. The van der Waals surface area contributed by atoms with Crippen molar-refractivity contribution in [2.45, 2.75) is 13.0 Å². The van der Waals surface area contributed by atoms with Crippen LogP contribution in [0.4, 0.5) is 5.69 Å². The molecule has 1 amide bonds. The fraction of sp³-hybridized carbons (Fsp3) is 0.176. The van der Waals surface area contributed by atoms with Gasteiger partial charge in [-0.1, -0.05) is 30.3 Å². The van der Waals surface area contributed by atoms with Gasteiger partial charge in [0.25, 0.3) is 11.6 Å². The number of nitro groups is 1. The Labute approximate surface area is 152 Å². The van der Waals surface area contributed by atoms with E-state index < -0.39 is 23.4 Å². The zero-order valence-corrected chi connectivity index (χ0v) is 14.9. The first-order valence-electron chi connectivity index (χ1n) is 7.34. The summed E-state index contributed by atoms with van der Waals surface area (Å²) in [6.45, 7) is 1.34. The third kappa shape index (κ3) is 5.12. The van der Waals surface area contributed by atoms with E-state index in [4.69, 9.17) is 4.74 Å². The van der Waals surface area contributed by atoms with E-state index in [0.29, 0.717) is 0 Å². The first-order chi connectivity index (χ1) is 11.9. The molecule has 2 aromatic carbocycles. The van der Waals surface area contributed by atoms with Crippen LogP contribution in [0.1, 0.15) is 28.9 Å². The summed E-state index contributed by atoms with van der Waals surface area (Å²) in [5.41, 5.74) is 0.668. The van der Waals surface area contributed by atoms with E-state index in [0.717, 1.165) is 11.6 Å². The van der Waals surface area contributed by atoms with Crippen LogP contribution in [0.25, 0.3) is 0 Å². The summed E-state index contributed by atoms with van der Waals surface area (Å²) in [6, 6.07) is 13.0. The molecule has 130 valence electrons. The zero-order valence-electron chi connectivity index (χ0n) is 13.3. The van der Waals surface area contributed by atoms with E-state index >= 15 is 0 Å². The summed E-state index contributed by atoms with van der Waals surface area (Å²) < 4.78 is 5.17. The van der Waals surface area contributed by atoms with Crippen molar-refractivity contribution in [3.8, 4) is 0 Å². The third-order valence-corrected chi connectivity index (χ3v) is 4.06. The van der Waals surface area contributed by atoms with E-state index in [1.54, 1.807) is 0 Å². The molecule has 0 saturated heterocycles. The highest BCUT2D eigenvalue weighted by atomic mass is 79.9. The van der Waals surface area contributed by atoms with Crippen LogP contribution in [0, 0.1) is 10.1 Å². The normalized spacial score (nSPS) is 11.4. The molecule has 0 aliphatic rings. The van der Waals surface area contributed by atoms with Gasteiger partial charge in [0.2, 0.25) is 0 Å². The lowest BCUT2D eigenvalue weighted by Gasteiger charge is -2.14. The van der Waals surface area contributed by atoms with Crippen molar-refractivity contribution in [2.24, 2.45) is 0 Å². The van der Waals surface area contributed by atoms with Gasteiger partial charge in [0, 0.05) is 6.07 Å². The van der Waals surface area contributed by atoms with E-state index in [1.807, 2.05) is 37.3 Å². The molecule has 0 aromatic heterocycles. The third-order valence-electron chi connectivity index (χ3n) is 3.39. The number of rotatable bonds is 6. The predicted molar refractivity (Wildman–Crippen MR) is 94.1 cm³/mol. The van der Waals surface area contributed by atoms with Gasteiger partial charge in [-0.25, -0.2) is 4.79 Å². The van der Waals surface area contributed by atoms with Crippen LogP contribution in [-0.4, -0.2) is 23.4 Å². The smallest absolute Gasteiger partial charge is 0.338 e. The molecule has 1 atom stereocenters. The summed E-state index contributed by atoms with van der Waals surface area (Å²) in [7, 11) is 0. The van der Waals surface area contributed by atoms with E-state index in [9.17, 15) is 19.7 Å². The van der Waals surface area contributed by atoms with Crippen molar-refractivity contribution in [1.82, 2.24) is 5.32 Å². The number of ether oxygens (including phenoxy) is 1. The Morgan fingerprint density at radius 3 is 2.56 bits per heavy atom. The van der Waals surface area contributed by atoms with Crippen LogP contribution in [-0.2, 0) is 9.53 Å². The molecular weight excluding hydrogens is 392 g/mol. The van der Waals surface area contributed by atoms with Gasteiger partial charge in [-0.15, -0.1) is 0 Å². The van der Waals surface area contributed by atoms with Gasteiger partial charge in [0.1, 0.15) is 0 Å². The molecule has 1 N–H and O–H groups in total. The molecule has 0 unspecified atom stereocenters. The number of nitrogens with one attached hydrogen (secondary N) is 1. The number of esters is 1. The predicted octanol–water partition coefficient (Wildman–Crippen LogP) is 3.39. The molecule has 8 heteroatoms. The molecule has 7 nitrogen and oxygen atoms in total. The summed E-state index contributed by atoms with van der Waals surface area (Å²) in [6.07, 6.45) is 0. The lowest BCUT2D eigenvalue weighted by atomic mass is 10.1. The Bertz CT molecular complexity index is 795. The highest BCUT2D eigenvalue weighted by Crippen LogP contribution is 2.25. The van der Waals surface area contributed by atoms with Crippen molar-refractivity contribution in [3.05, 3.63) is 74.2 Å². The maximum Gasteiger partial charge on any atom is 0.338 e. The monoisotopic (exact) mass is 406 g/mol. The number of nitrogens with zero attached hydrogens (tertiary/aromatic N) is 1. The minimum absolute atomic E-state index is 0.00110. The second-order valence-corrected chi connectivity index (χ2v) is 6.05. The van der Waals surface area contributed by atoms with Crippen molar-refractivity contribution in [2.75, 3.05) is 6.61 Å². The highest BCUT2D eigenvalue weighted by molar-refractivity contribution is 9.10. The lowest BCUT2D eigenvalue weighted by molar-refractivity contribution is -0.385. The quantitative estimate of drug-likeness (QED) is 0.450. The van der Waals surface area contributed by atoms with Gasteiger partial charge in [-0.05, 0) is 40.5 Å². The summed E-state index contributed by atoms with van der Waals surface area (Å²) in [5, 5.41) is 13.6. The summed E-state index contributed by atoms with van der Waals surface area (Å²) >= 11 is 3.03. The Hall–Kier alpha value is -2.74. The number of hydrogen-bond donors (Lipinski definition) is 1. The average molecular weight is 407 g/mol. The topological polar surface area (TPSA) is 98.5 Å². The van der Waals surface area contributed by atoms with Crippen molar-refractivity contribution in [1.29, 1.82) is 0 Å². The minimum atomic E-state index is -0.807. The number of benzene rings is 2. The first-order valence-corrected chi connectivity index (χ1v) is 8.13. The maximum absolute atomic E-state index is 12.0. The molecule has 0 aliphatic heterocycles. The van der Waals surface area contributed by atoms with E-state index in [2.05, 4.69) is 21.2 Å². The molecule has 25 heavy (non-hydrogen) atoms. The Balaban J connectivity index is 1.92. The Morgan fingerprint density at radius 1 is 1.24 bits per heavy atom. The first kappa shape index (κ1) is 18.6. The lowest BCUT2D eigenvalue weighted by Crippen LogP contribution is -2.31. The summed E-state index contributed by atoms with van der Waals surface area (Å²) in [4.78, 5) is 34.1. The molecule has 0 bridgehead atoms. The molecule has 0 spiro atoms. The van der Waals surface area contributed by atoms with Crippen molar-refractivity contribution >= 4 is 33.5 Å². The zero-order chi connectivity index (χ0) is 18.4. The second kappa shape index (κ2) is 8.39. The van der Waals surface area contributed by atoms with Gasteiger partial charge in [-0.2, -0.15) is 0 Å². The van der Waals surface area contributed by atoms with Crippen molar-refractivity contribution in [3.63, 3.8) is 0 Å². The van der Waals surface area contributed by atoms with Gasteiger partial charge >= 0.3 is 5.97 Å². The van der Waals surface area contributed by atoms with Crippen molar-refractivity contribution < 1.29 is 19.2 Å². The fourth-order valence-corrected chi connectivity index (χ4v) is 2.49. The second-order valence-electron chi connectivity index (χ2n) is 5.20.